The van der Waals surface area contributed by atoms with Crippen molar-refractivity contribution in [1.29, 1.82) is 0 Å². The first-order valence-electron chi connectivity index (χ1n) is 3.61. The molecule has 2 aliphatic rings. The smallest absolute Gasteiger partial charge is 0.247 e. The Bertz CT molecular complexity index is 210. The van der Waals surface area contributed by atoms with Crippen molar-refractivity contribution in [2.45, 2.75) is 13.3 Å². The van der Waals surface area contributed by atoms with Crippen molar-refractivity contribution in [3.8, 4) is 0 Å². The number of rotatable bonds is 1. The van der Waals surface area contributed by atoms with Gasteiger partial charge in [-0.1, -0.05) is 6.92 Å². The van der Waals surface area contributed by atoms with Crippen LogP contribution in [0.3, 0.4) is 0 Å². The van der Waals surface area contributed by atoms with Gasteiger partial charge in [0.05, 0.1) is 0 Å². The molecule has 0 aromatic heterocycles. The lowest BCUT2D eigenvalue weighted by Gasteiger charge is -1.95. The topological polar surface area (TPSA) is 41.5 Å². The van der Waals surface area contributed by atoms with E-state index < -0.39 is 0 Å². The number of carbonyl (C=O) groups excluding carboxylic acids is 1. The fraction of sp³-hybridized carbons (Fsp3) is 0.714. The van der Waals surface area contributed by atoms with Gasteiger partial charge in [0.1, 0.15) is 12.4 Å². The van der Waals surface area contributed by atoms with Gasteiger partial charge in [-0.15, -0.1) is 0 Å². The zero-order valence-electron chi connectivity index (χ0n) is 5.92. The number of amidine groups is 1. The summed E-state index contributed by atoms with van der Waals surface area (Å²) in [7, 11) is 0. The number of hydrogen-bond donors (Lipinski definition) is 1. The van der Waals surface area contributed by atoms with Crippen molar-refractivity contribution in [2.24, 2.45) is 16.8 Å². The SMILES string of the molecule is CC1CC1C1=NCC(=O)N1. The van der Waals surface area contributed by atoms with Crippen LogP contribution in [0.2, 0.25) is 0 Å². The molecule has 2 unspecified atom stereocenters. The molecule has 1 aliphatic heterocycles. The number of hydrogen-bond acceptors (Lipinski definition) is 2. The summed E-state index contributed by atoms with van der Waals surface area (Å²) >= 11 is 0. The maximum atomic E-state index is 10.7. The number of aliphatic imine (C=N–C) groups is 1. The molecule has 0 saturated heterocycles. The number of nitrogens with zero attached hydrogens (tertiary/aromatic N) is 1. The first kappa shape index (κ1) is 5.89. The van der Waals surface area contributed by atoms with Crippen LogP contribution < -0.4 is 5.32 Å². The normalized spacial score (nSPS) is 37.3. The lowest BCUT2D eigenvalue weighted by Crippen LogP contribution is -2.26. The monoisotopic (exact) mass is 138 g/mol. The van der Waals surface area contributed by atoms with E-state index >= 15 is 0 Å². The predicted octanol–water partition coefficient (Wildman–Crippen LogP) is 0.171. The van der Waals surface area contributed by atoms with Crippen molar-refractivity contribution in [3.63, 3.8) is 0 Å². The Hall–Kier alpha value is -0.860. The summed E-state index contributed by atoms with van der Waals surface area (Å²) in [5, 5.41) is 2.76. The average molecular weight is 138 g/mol. The summed E-state index contributed by atoms with van der Waals surface area (Å²) in [5.41, 5.74) is 0. The van der Waals surface area contributed by atoms with Crippen molar-refractivity contribution in [3.05, 3.63) is 0 Å². The third-order valence-electron chi connectivity index (χ3n) is 2.12. The predicted molar refractivity (Wildman–Crippen MR) is 37.7 cm³/mol. The molecular weight excluding hydrogens is 128 g/mol. The van der Waals surface area contributed by atoms with Crippen molar-refractivity contribution in [1.82, 2.24) is 5.32 Å². The van der Waals surface area contributed by atoms with Crippen LogP contribution in [-0.2, 0) is 4.79 Å². The Kier molecular flexibility index (Phi) is 1.07. The van der Waals surface area contributed by atoms with Gasteiger partial charge in [0, 0.05) is 5.92 Å². The Balaban J connectivity index is 2.01. The molecule has 1 N–H and O–H groups in total. The van der Waals surface area contributed by atoms with Crippen LogP contribution in [0, 0.1) is 11.8 Å². The second-order valence-electron chi connectivity index (χ2n) is 3.07. The largest absolute Gasteiger partial charge is 0.313 e. The third kappa shape index (κ3) is 0.818. The number of carbonyl (C=O) groups is 1. The lowest BCUT2D eigenvalue weighted by molar-refractivity contribution is -0.117. The molecule has 0 spiro atoms. The zero-order chi connectivity index (χ0) is 7.14. The van der Waals surface area contributed by atoms with Gasteiger partial charge in [0.25, 0.3) is 0 Å². The molecule has 10 heavy (non-hydrogen) atoms. The van der Waals surface area contributed by atoms with Crippen molar-refractivity contribution >= 4 is 11.7 Å². The highest BCUT2D eigenvalue weighted by atomic mass is 16.2. The van der Waals surface area contributed by atoms with E-state index in [1.54, 1.807) is 0 Å². The molecule has 1 aliphatic carbocycles. The molecule has 54 valence electrons. The molecule has 1 fully saturated rings. The van der Waals surface area contributed by atoms with Crippen LogP contribution in [0.1, 0.15) is 13.3 Å². The van der Waals surface area contributed by atoms with E-state index in [0.29, 0.717) is 12.5 Å². The molecule has 3 heteroatoms. The van der Waals surface area contributed by atoms with E-state index in [4.69, 9.17) is 0 Å². The molecule has 1 saturated carbocycles. The van der Waals surface area contributed by atoms with Crippen LogP contribution in [-0.4, -0.2) is 18.3 Å². The van der Waals surface area contributed by atoms with E-state index in [1.807, 2.05) is 0 Å². The number of amides is 1. The summed E-state index contributed by atoms with van der Waals surface area (Å²) < 4.78 is 0. The summed E-state index contributed by atoms with van der Waals surface area (Å²) in [5.74, 6) is 2.27. The molecule has 1 heterocycles. The minimum atomic E-state index is 0.0501. The lowest BCUT2D eigenvalue weighted by atomic mass is 10.3. The van der Waals surface area contributed by atoms with Gasteiger partial charge in [0.15, 0.2) is 0 Å². The minimum absolute atomic E-state index is 0.0501. The van der Waals surface area contributed by atoms with E-state index in [0.717, 1.165) is 11.8 Å². The van der Waals surface area contributed by atoms with E-state index in [1.165, 1.54) is 6.42 Å². The highest BCUT2D eigenvalue weighted by Gasteiger charge is 2.39. The highest BCUT2D eigenvalue weighted by molar-refractivity contribution is 6.05. The second kappa shape index (κ2) is 1.81. The standard InChI is InChI=1S/C7H10N2O/c1-4-2-5(4)7-8-3-6(10)9-7/h4-5H,2-3H2,1H3,(H,8,9,10). The van der Waals surface area contributed by atoms with E-state index in [9.17, 15) is 4.79 Å². The molecule has 0 aromatic rings. The Labute approximate surface area is 59.5 Å². The summed E-state index contributed by atoms with van der Waals surface area (Å²) in [6.07, 6.45) is 1.19. The van der Waals surface area contributed by atoms with Gasteiger partial charge in [0.2, 0.25) is 5.91 Å². The summed E-state index contributed by atoms with van der Waals surface area (Å²) in [6.45, 7) is 2.52. The minimum Gasteiger partial charge on any atom is -0.313 e. The van der Waals surface area contributed by atoms with E-state index in [2.05, 4.69) is 17.2 Å². The summed E-state index contributed by atoms with van der Waals surface area (Å²) in [4.78, 5) is 14.8. The van der Waals surface area contributed by atoms with Crippen molar-refractivity contribution in [2.75, 3.05) is 6.54 Å². The molecule has 2 atom stereocenters. The first-order valence-corrected chi connectivity index (χ1v) is 3.61. The number of nitrogens with one attached hydrogen (secondary N) is 1. The third-order valence-corrected chi connectivity index (χ3v) is 2.12. The fourth-order valence-electron chi connectivity index (χ4n) is 1.29. The fourth-order valence-corrected chi connectivity index (χ4v) is 1.29. The highest BCUT2D eigenvalue weighted by Crippen LogP contribution is 2.38. The molecular formula is C7H10N2O. The first-order chi connectivity index (χ1) is 4.77. The molecule has 3 nitrogen and oxygen atoms in total. The molecule has 0 bridgehead atoms. The van der Waals surface area contributed by atoms with Crippen LogP contribution in [0.25, 0.3) is 0 Å². The van der Waals surface area contributed by atoms with Crippen LogP contribution in [0.5, 0.6) is 0 Å². The maximum Gasteiger partial charge on any atom is 0.247 e. The Morgan fingerprint density at radius 3 is 2.80 bits per heavy atom. The molecule has 0 aromatic carbocycles. The van der Waals surface area contributed by atoms with Gasteiger partial charge in [-0.2, -0.15) is 0 Å². The Morgan fingerprint density at radius 1 is 1.70 bits per heavy atom. The molecule has 0 radical (unpaired) electrons. The maximum absolute atomic E-state index is 10.7. The van der Waals surface area contributed by atoms with Gasteiger partial charge in [-0.3, -0.25) is 9.79 Å². The Morgan fingerprint density at radius 2 is 2.40 bits per heavy atom. The summed E-state index contributed by atoms with van der Waals surface area (Å²) in [6, 6.07) is 0. The second-order valence-corrected chi connectivity index (χ2v) is 3.07. The van der Waals surface area contributed by atoms with Crippen molar-refractivity contribution < 1.29 is 4.79 Å². The average Bonchev–Trinajstić information content (AvgIpc) is 2.42. The van der Waals surface area contributed by atoms with Crippen LogP contribution >= 0.6 is 0 Å². The molecule has 1 amide bonds. The van der Waals surface area contributed by atoms with Gasteiger partial charge in [-0.25, -0.2) is 0 Å². The quantitative estimate of drug-likeness (QED) is 0.551. The zero-order valence-corrected chi connectivity index (χ0v) is 5.92. The van der Waals surface area contributed by atoms with Crippen LogP contribution in [0.4, 0.5) is 0 Å². The van der Waals surface area contributed by atoms with Gasteiger partial charge < -0.3 is 5.32 Å². The van der Waals surface area contributed by atoms with Gasteiger partial charge >= 0.3 is 0 Å². The molecule has 2 rings (SSSR count). The van der Waals surface area contributed by atoms with E-state index in [-0.39, 0.29) is 5.91 Å². The van der Waals surface area contributed by atoms with Gasteiger partial charge in [-0.05, 0) is 12.3 Å². The van der Waals surface area contributed by atoms with Crippen LogP contribution in [0.15, 0.2) is 4.99 Å².